The summed E-state index contributed by atoms with van der Waals surface area (Å²) in [6, 6.07) is 1.33. The summed E-state index contributed by atoms with van der Waals surface area (Å²) >= 11 is 0. The number of fused-ring (bicyclic) bond motifs is 3. The van der Waals surface area contributed by atoms with Crippen molar-refractivity contribution in [3.8, 4) is 0 Å². The highest BCUT2D eigenvalue weighted by Gasteiger charge is 2.37. The first kappa shape index (κ1) is 15.8. The van der Waals surface area contributed by atoms with Crippen molar-refractivity contribution >= 4 is 21.8 Å². The molecule has 4 aliphatic heterocycles. The van der Waals surface area contributed by atoms with Crippen LogP contribution in [0.3, 0.4) is 0 Å². The Morgan fingerprint density at radius 3 is 2.71 bits per heavy atom. The zero-order chi connectivity index (χ0) is 16.9. The second kappa shape index (κ2) is 5.70. The quantitative estimate of drug-likeness (QED) is 0.771. The molecule has 0 aliphatic carbocycles. The van der Waals surface area contributed by atoms with Crippen LogP contribution in [-0.2, 0) is 14.8 Å². The van der Waals surface area contributed by atoms with E-state index in [9.17, 15) is 13.2 Å². The van der Waals surface area contributed by atoms with Gasteiger partial charge in [-0.3, -0.25) is 4.79 Å². The van der Waals surface area contributed by atoms with Crippen LogP contribution >= 0.6 is 0 Å². The molecule has 2 saturated heterocycles. The third kappa shape index (κ3) is 2.88. The summed E-state index contributed by atoms with van der Waals surface area (Å²) in [5.41, 5.74) is 0.585. The molecule has 8 heteroatoms. The smallest absolute Gasteiger partial charge is 0.256 e. The molecule has 0 spiro atoms. The normalized spacial score (nSPS) is 33.5. The highest BCUT2D eigenvalue weighted by Crippen LogP contribution is 2.30. The van der Waals surface area contributed by atoms with Gasteiger partial charge in [-0.25, -0.2) is 8.42 Å². The fraction of sp³-hybridized carbons (Fsp3) is 0.625. The number of carbonyl (C=O) groups is 1. The fourth-order valence-corrected chi connectivity index (χ4v) is 5.01. The van der Waals surface area contributed by atoms with Gasteiger partial charge in [0.25, 0.3) is 15.9 Å². The maximum absolute atomic E-state index is 12.8. The van der Waals surface area contributed by atoms with Gasteiger partial charge in [0, 0.05) is 37.9 Å². The largest absolute Gasteiger partial charge is 0.339 e. The van der Waals surface area contributed by atoms with Crippen molar-refractivity contribution < 1.29 is 13.2 Å². The van der Waals surface area contributed by atoms with Crippen LogP contribution in [-0.4, -0.2) is 67.4 Å². The van der Waals surface area contributed by atoms with Crippen molar-refractivity contribution in [2.75, 3.05) is 19.3 Å². The van der Waals surface area contributed by atoms with E-state index in [-0.39, 0.29) is 17.7 Å². The summed E-state index contributed by atoms with van der Waals surface area (Å²) in [4.78, 5) is 16.4. The number of amides is 1. The molecular weight excluding hydrogens is 328 g/mol. The molecule has 24 heavy (non-hydrogen) atoms. The summed E-state index contributed by atoms with van der Waals surface area (Å²) in [7, 11) is -1.49. The minimum absolute atomic E-state index is 0.00923. The Hall–Kier alpha value is -1.67. The summed E-state index contributed by atoms with van der Waals surface area (Å²) in [6.45, 7) is 0.337. The molecule has 4 heterocycles. The summed E-state index contributed by atoms with van der Waals surface area (Å²) < 4.78 is 26.8. The average Bonchev–Trinajstić information content (AvgIpc) is 2.90. The van der Waals surface area contributed by atoms with Gasteiger partial charge in [-0.15, -0.1) is 4.40 Å². The number of amidine groups is 1. The van der Waals surface area contributed by atoms with Crippen molar-refractivity contribution in [3.63, 3.8) is 0 Å². The molecule has 130 valence electrons. The summed E-state index contributed by atoms with van der Waals surface area (Å²) in [6.07, 6.45) is 9.42. The fourth-order valence-electron chi connectivity index (χ4n) is 4.04. The Balaban J connectivity index is 1.49. The van der Waals surface area contributed by atoms with Gasteiger partial charge in [0.2, 0.25) is 0 Å². The Bertz CT molecular complexity index is 743. The molecule has 0 radical (unpaired) electrons. The molecule has 2 unspecified atom stereocenters. The molecule has 0 aromatic carbocycles. The van der Waals surface area contributed by atoms with E-state index in [4.69, 9.17) is 0 Å². The predicted octanol–water partition coefficient (Wildman–Crippen LogP) is 0.225. The number of piperidine rings is 1. The minimum atomic E-state index is -3.37. The van der Waals surface area contributed by atoms with E-state index in [0.717, 1.165) is 12.8 Å². The van der Waals surface area contributed by atoms with E-state index in [0.29, 0.717) is 30.0 Å². The van der Waals surface area contributed by atoms with Gasteiger partial charge >= 0.3 is 0 Å². The van der Waals surface area contributed by atoms with E-state index in [1.807, 2.05) is 11.9 Å². The number of carbonyl (C=O) groups excluding carboxylic acids is 1. The number of hydrogen-bond acceptors (Lipinski definition) is 5. The average molecular weight is 350 g/mol. The number of sulfonamides is 1. The second-order valence-electron chi connectivity index (χ2n) is 7.03. The van der Waals surface area contributed by atoms with Crippen molar-refractivity contribution in [1.82, 2.24) is 15.1 Å². The molecule has 4 rings (SSSR count). The number of rotatable bonds is 2. The van der Waals surface area contributed by atoms with Crippen molar-refractivity contribution in [2.45, 2.75) is 43.8 Å². The first-order valence-corrected chi connectivity index (χ1v) is 10.0. The summed E-state index contributed by atoms with van der Waals surface area (Å²) in [5.74, 6) is 0.362. The van der Waals surface area contributed by atoms with Gasteiger partial charge < -0.3 is 15.1 Å². The lowest BCUT2D eigenvalue weighted by molar-refractivity contribution is -0.128. The van der Waals surface area contributed by atoms with Crippen LogP contribution in [0.2, 0.25) is 0 Å². The lowest BCUT2D eigenvalue weighted by Crippen LogP contribution is -2.49. The third-order valence-corrected chi connectivity index (χ3v) is 6.55. The van der Waals surface area contributed by atoms with Gasteiger partial charge in [0.05, 0.1) is 11.3 Å². The van der Waals surface area contributed by atoms with E-state index in [1.54, 1.807) is 23.3 Å². The van der Waals surface area contributed by atoms with Crippen LogP contribution in [0.15, 0.2) is 28.3 Å². The topological polar surface area (TPSA) is 82.1 Å². The Morgan fingerprint density at radius 1 is 1.29 bits per heavy atom. The van der Waals surface area contributed by atoms with Gasteiger partial charge in [0.1, 0.15) is 5.84 Å². The molecule has 0 saturated carbocycles. The van der Waals surface area contributed by atoms with Crippen LogP contribution < -0.4 is 5.32 Å². The highest BCUT2D eigenvalue weighted by molar-refractivity contribution is 7.90. The molecule has 2 fully saturated rings. The van der Waals surface area contributed by atoms with Crippen LogP contribution in [0, 0.1) is 0 Å². The minimum Gasteiger partial charge on any atom is -0.339 e. The molecule has 4 aliphatic rings. The molecule has 2 atom stereocenters. The third-order valence-electron chi connectivity index (χ3n) is 5.39. The molecule has 2 bridgehead atoms. The number of likely N-dealkylation sites (N-methyl/N-ethyl adjacent to an activating group) is 1. The maximum Gasteiger partial charge on any atom is 0.256 e. The Morgan fingerprint density at radius 2 is 2.00 bits per heavy atom. The van der Waals surface area contributed by atoms with Gasteiger partial charge in [-0.05, 0) is 37.8 Å². The first-order chi connectivity index (χ1) is 11.4. The number of nitrogens with zero attached hydrogens (tertiary/aromatic N) is 3. The van der Waals surface area contributed by atoms with E-state index in [1.165, 1.54) is 12.8 Å². The van der Waals surface area contributed by atoms with Gasteiger partial charge in [-0.2, -0.15) is 0 Å². The van der Waals surface area contributed by atoms with Crippen LogP contribution in [0.4, 0.5) is 0 Å². The lowest BCUT2D eigenvalue weighted by atomic mass is 9.97. The van der Waals surface area contributed by atoms with Crippen molar-refractivity contribution in [3.05, 3.63) is 23.9 Å². The van der Waals surface area contributed by atoms with Crippen LogP contribution in [0.25, 0.3) is 0 Å². The number of nitrogens with one attached hydrogen (secondary N) is 1. The maximum atomic E-state index is 12.8. The zero-order valence-corrected chi connectivity index (χ0v) is 14.5. The number of hydrogen-bond donors (Lipinski definition) is 1. The Labute approximate surface area is 142 Å². The molecular formula is C16H22N4O3S. The van der Waals surface area contributed by atoms with Crippen LogP contribution in [0.5, 0.6) is 0 Å². The first-order valence-electron chi connectivity index (χ1n) is 8.44. The molecule has 1 N–H and O–H groups in total. The SMILES string of the molecule is CN(C(=O)C1=CN2CCS(=O)(=O)N=C2C=C1)C1CC2CCC(C1)N2. The lowest BCUT2D eigenvalue weighted by Gasteiger charge is -2.36. The van der Waals surface area contributed by atoms with E-state index < -0.39 is 10.0 Å². The molecule has 0 aromatic rings. The Kier molecular flexibility index (Phi) is 3.76. The zero-order valence-electron chi connectivity index (χ0n) is 13.7. The molecule has 7 nitrogen and oxygen atoms in total. The second-order valence-corrected chi connectivity index (χ2v) is 8.78. The standard InChI is InChI=1S/C16H22N4O3S/c1-19(14-8-12-3-4-13(9-14)17-12)16(21)11-2-5-15-18-24(22,23)7-6-20(15)10-11/h2,5,10,12-14,17H,3-4,6-9H2,1H3. The van der Waals surface area contributed by atoms with Crippen molar-refractivity contribution in [1.29, 1.82) is 0 Å². The predicted molar refractivity (Wildman–Crippen MR) is 90.9 cm³/mol. The van der Waals surface area contributed by atoms with Crippen molar-refractivity contribution in [2.24, 2.45) is 4.40 Å². The summed E-state index contributed by atoms with van der Waals surface area (Å²) in [5, 5.41) is 3.59. The van der Waals surface area contributed by atoms with E-state index in [2.05, 4.69) is 9.71 Å². The van der Waals surface area contributed by atoms with E-state index >= 15 is 0 Å². The van der Waals surface area contributed by atoms with Gasteiger partial charge in [-0.1, -0.05) is 0 Å². The molecule has 0 aromatic heterocycles. The van der Waals surface area contributed by atoms with Gasteiger partial charge in [0.15, 0.2) is 0 Å². The molecule has 1 amide bonds. The highest BCUT2D eigenvalue weighted by atomic mass is 32.2. The van der Waals surface area contributed by atoms with Crippen LogP contribution in [0.1, 0.15) is 25.7 Å². The monoisotopic (exact) mass is 350 g/mol.